The molecule has 0 atom stereocenters. The SMILES string of the molecule is Cc1cncc(C(=O)NC2(CN)CC2)c1. The summed E-state index contributed by atoms with van der Waals surface area (Å²) in [7, 11) is 0. The molecule has 0 aliphatic heterocycles. The van der Waals surface area contributed by atoms with Gasteiger partial charge in [-0.05, 0) is 31.4 Å². The van der Waals surface area contributed by atoms with Crippen LogP contribution >= 0.6 is 0 Å². The first-order chi connectivity index (χ1) is 7.15. The first-order valence-electron chi connectivity index (χ1n) is 5.09. The number of hydrogen-bond acceptors (Lipinski definition) is 3. The number of pyridine rings is 1. The lowest BCUT2D eigenvalue weighted by Gasteiger charge is -2.14. The highest BCUT2D eigenvalue weighted by molar-refractivity contribution is 5.94. The Morgan fingerprint density at radius 2 is 2.33 bits per heavy atom. The summed E-state index contributed by atoms with van der Waals surface area (Å²) < 4.78 is 0. The van der Waals surface area contributed by atoms with E-state index in [-0.39, 0.29) is 11.4 Å². The average Bonchev–Trinajstić information content (AvgIpc) is 2.98. The maximum Gasteiger partial charge on any atom is 0.253 e. The quantitative estimate of drug-likeness (QED) is 0.759. The molecule has 1 aromatic rings. The Morgan fingerprint density at radius 3 is 2.87 bits per heavy atom. The molecule has 1 fully saturated rings. The van der Waals surface area contributed by atoms with Crippen LogP contribution in [0.5, 0.6) is 0 Å². The highest BCUT2D eigenvalue weighted by atomic mass is 16.1. The zero-order valence-electron chi connectivity index (χ0n) is 8.79. The van der Waals surface area contributed by atoms with Gasteiger partial charge in [0.2, 0.25) is 0 Å². The highest BCUT2D eigenvalue weighted by Crippen LogP contribution is 2.34. The topological polar surface area (TPSA) is 68.0 Å². The van der Waals surface area contributed by atoms with Crippen LogP contribution in [0.3, 0.4) is 0 Å². The van der Waals surface area contributed by atoms with Gasteiger partial charge in [-0.15, -0.1) is 0 Å². The van der Waals surface area contributed by atoms with E-state index in [9.17, 15) is 4.79 Å². The van der Waals surface area contributed by atoms with Crippen molar-refractivity contribution >= 4 is 5.91 Å². The van der Waals surface area contributed by atoms with Gasteiger partial charge >= 0.3 is 0 Å². The molecule has 15 heavy (non-hydrogen) atoms. The molecule has 1 amide bonds. The smallest absolute Gasteiger partial charge is 0.253 e. The standard InChI is InChI=1S/C11H15N3O/c1-8-4-9(6-13-5-8)10(15)14-11(7-12)2-3-11/h4-6H,2-3,7,12H2,1H3,(H,14,15). The maximum absolute atomic E-state index is 11.8. The van der Waals surface area contributed by atoms with Gasteiger partial charge in [0.25, 0.3) is 5.91 Å². The summed E-state index contributed by atoms with van der Waals surface area (Å²) in [5.74, 6) is -0.0749. The maximum atomic E-state index is 11.8. The number of hydrogen-bond donors (Lipinski definition) is 2. The van der Waals surface area contributed by atoms with Crippen LogP contribution in [0, 0.1) is 6.92 Å². The van der Waals surface area contributed by atoms with Gasteiger partial charge in [0.1, 0.15) is 0 Å². The predicted molar refractivity (Wildman–Crippen MR) is 57.5 cm³/mol. The summed E-state index contributed by atoms with van der Waals surface area (Å²) >= 11 is 0. The molecule has 4 heteroatoms. The van der Waals surface area contributed by atoms with Crippen molar-refractivity contribution < 1.29 is 4.79 Å². The molecule has 80 valence electrons. The van der Waals surface area contributed by atoms with Crippen molar-refractivity contribution in [2.45, 2.75) is 25.3 Å². The van der Waals surface area contributed by atoms with E-state index in [1.54, 1.807) is 12.4 Å². The van der Waals surface area contributed by atoms with Crippen LogP contribution < -0.4 is 11.1 Å². The normalized spacial score (nSPS) is 17.2. The van der Waals surface area contributed by atoms with E-state index in [1.807, 2.05) is 13.0 Å². The molecule has 1 aliphatic rings. The van der Waals surface area contributed by atoms with Gasteiger partial charge in [0, 0.05) is 18.9 Å². The number of nitrogens with zero attached hydrogens (tertiary/aromatic N) is 1. The largest absolute Gasteiger partial charge is 0.345 e. The van der Waals surface area contributed by atoms with Crippen molar-refractivity contribution in [3.8, 4) is 0 Å². The Morgan fingerprint density at radius 1 is 1.60 bits per heavy atom. The molecule has 2 rings (SSSR count). The van der Waals surface area contributed by atoms with Crippen LogP contribution in [0.2, 0.25) is 0 Å². The van der Waals surface area contributed by atoms with E-state index >= 15 is 0 Å². The third-order valence-electron chi connectivity index (χ3n) is 2.76. The highest BCUT2D eigenvalue weighted by Gasteiger charge is 2.42. The van der Waals surface area contributed by atoms with Crippen LogP contribution in [0.1, 0.15) is 28.8 Å². The summed E-state index contributed by atoms with van der Waals surface area (Å²) in [5.41, 5.74) is 7.05. The lowest BCUT2D eigenvalue weighted by molar-refractivity contribution is 0.0932. The lowest BCUT2D eigenvalue weighted by atomic mass is 10.2. The molecule has 0 saturated heterocycles. The lowest BCUT2D eigenvalue weighted by Crippen LogP contribution is -2.42. The Kier molecular flexibility index (Phi) is 2.44. The molecule has 0 spiro atoms. The third kappa shape index (κ3) is 2.15. The second kappa shape index (κ2) is 3.62. The van der Waals surface area contributed by atoms with Gasteiger partial charge in [-0.25, -0.2) is 0 Å². The zero-order valence-corrected chi connectivity index (χ0v) is 8.79. The Hall–Kier alpha value is -1.42. The van der Waals surface area contributed by atoms with Crippen molar-refractivity contribution in [2.24, 2.45) is 5.73 Å². The molecule has 4 nitrogen and oxygen atoms in total. The van der Waals surface area contributed by atoms with Crippen molar-refractivity contribution in [1.29, 1.82) is 0 Å². The first-order valence-corrected chi connectivity index (χ1v) is 5.09. The number of carbonyl (C=O) groups excluding carboxylic acids is 1. The van der Waals surface area contributed by atoms with E-state index in [0.29, 0.717) is 12.1 Å². The molecule has 0 unspecified atom stereocenters. The van der Waals surface area contributed by atoms with Crippen LogP contribution in [0.25, 0.3) is 0 Å². The van der Waals surface area contributed by atoms with Gasteiger partial charge in [-0.2, -0.15) is 0 Å². The average molecular weight is 205 g/mol. The minimum atomic E-state index is -0.138. The van der Waals surface area contributed by atoms with Crippen LogP contribution in [0.4, 0.5) is 0 Å². The Bertz CT molecular complexity index is 385. The minimum absolute atomic E-state index is 0.0749. The fourth-order valence-electron chi connectivity index (χ4n) is 1.52. The van der Waals surface area contributed by atoms with Crippen LogP contribution in [-0.4, -0.2) is 23.0 Å². The van der Waals surface area contributed by atoms with Crippen molar-refractivity contribution in [1.82, 2.24) is 10.3 Å². The van der Waals surface area contributed by atoms with E-state index in [1.165, 1.54) is 0 Å². The number of aryl methyl sites for hydroxylation is 1. The summed E-state index contributed by atoms with van der Waals surface area (Å²) in [6.45, 7) is 2.43. The third-order valence-corrected chi connectivity index (χ3v) is 2.76. The molecule has 1 heterocycles. The van der Waals surface area contributed by atoms with E-state index in [0.717, 1.165) is 18.4 Å². The summed E-state index contributed by atoms with van der Waals surface area (Å²) in [6, 6.07) is 1.83. The number of amides is 1. The fourth-order valence-corrected chi connectivity index (χ4v) is 1.52. The Balaban J connectivity index is 2.08. The van der Waals surface area contributed by atoms with E-state index < -0.39 is 0 Å². The molecule has 3 N–H and O–H groups in total. The molecule has 1 aromatic heterocycles. The molecule has 1 aliphatic carbocycles. The number of rotatable bonds is 3. The van der Waals surface area contributed by atoms with Gasteiger partial charge in [0.15, 0.2) is 0 Å². The number of nitrogens with one attached hydrogen (secondary N) is 1. The first kappa shape index (κ1) is 10.1. The van der Waals surface area contributed by atoms with Gasteiger partial charge in [0.05, 0.1) is 11.1 Å². The summed E-state index contributed by atoms with van der Waals surface area (Å²) in [4.78, 5) is 15.8. The minimum Gasteiger partial charge on any atom is -0.345 e. The number of carbonyl (C=O) groups is 1. The second-order valence-corrected chi connectivity index (χ2v) is 4.19. The van der Waals surface area contributed by atoms with Gasteiger partial charge in [-0.1, -0.05) is 0 Å². The monoisotopic (exact) mass is 205 g/mol. The van der Waals surface area contributed by atoms with Crippen LogP contribution in [0.15, 0.2) is 18.5 Å². The molecule has 0 aromatic carbocycles. The molecule has 0 radical (unpaired) electrons. The van der Waals surface area contributed by atoms with Crippen LogP contribution in [-0.2, 0) is 0 Å². The molecular formula is C11H15N3O. The fraction of sp³-hybridized carbons (Fsp3) is 0.455. The number of aromatic nitrogens is 1. The molecule has 0 bridgehead atoms. The van der Waals surface area contributed by atoms with Gasteiger partial charge in [-0.3, -0.25) is 9.78 Å². The summed E-state index contributed by atoms with van der Waals surface area (Å²) in [5, 5.41) is 2.96. The summed E-state index contributed by atoms with van der Waals surface area (Å²) in [6.07, 6.45) is 5.27. The van der Waals surface area contributed by atoms with E-state index in [2.05, 4.69) is 10.3 Å². The van der Waals surface area contributed by atoms with E-state index in [4.69, 9.17) is 5.73 Å². The molecule has 1 saturated carbocycles. The number of nitrogens with two attached hydrogens (primary N) is 1. The van der Waals surface area contributed by atoms with Crippen molar-refractivity contribution in [3.05, 3.63) is 29.6 Å². The molecular weight excluding hydrogens is 190 g/mol. The Labute approximate surface area is 88.9 Å². The van der Waals surface area contributed by atoms with Crippen molar-refractivity contribution in [3.63, 3.8) is 0 Å². The van der Waals surface area contributed by atoms with Crippen molar-refractivity contribution in [2.75, 3.05) is 6.54 Å². The second-order valence-electron chi connectivity index (χ2n) is 4.19. The van der Waals surface area contributed by atoms with Gasteiger partial charge < -0.3 is 11.1 Å². The zero-order chi connectivity index (χ0) is 10.9. The predicted octanol–water partition coefficient (Wildman–Crippen LogP) is 0.611.